The van der Waals surface area contributed by atoms with Gasteiger partial charge in [0.05, 0.1) is 5.69 Å². The van der Waals surface area contributed by atoms with Gasteiger partial charge in [0.25, 0.3) is 0 Å². The van der Waals surface area contributed by atoms with Crippen molar-refractivity contribution in [2.75, 3.05) is 4.90 Å². The molecule has 0 aliphatic heterocycles. The van der Waals surface area contributed by atoms with Crippen LogP contribution in [-0.2, 0) is 0 Å². The molecule has 0 saturated heterocycles. The highest BCUT2D eigenvalue weighted by Gasteiger charge is 2.22. The van der Waals surface area contributed by atoms with E-state index in [-0.39, 0.29) is 0 Å². The Morgan fingerprint density at radius 3 is 1.64 bits per heavy atom. The molecule has 2 nitrogen and oxygen atoms in total. The highest BCUT2D eigenvalue weighted by molar-refractivity contribution is 6.20. The molecular weight excluding hydrogens is 799 g/mol. The predicted octanol–water partition coefficient (Wildman–Crippen LogP) is 18.3. The van der Waals surface area contributed by atoms with Gasteiger partial charge < -0.3 is 9.32 Å². The minimum atomic E-state index is 0.877. The topological polar surface area (TPSA) is 16.4 Å². The number of hydrogen-bond donors (Lipinski definition) is 0. The lowest BCUT2D eigenvalue weighted by Gasteiger charge is -2.28. The van der Waals surface area contributed by atoms with E-state index in [2.05, 4.69) is 254 Å². The van der Waals surface area contributed by atoms with Crippen molar-refractivity contribution in [3.8, 4) is 44.5 Å². The maximum absolute atomic E-state index is 6.71. The van der Waals surface area contributed by atoms with Crippen LogP contribution in [0, 0.1) is 0 Å². The van der Waals surface area contributed by atoms with Crippen LogP contribution in [0.4, 0.5) is 17.1 Å². The van der Waals surface area contributed by atoms with Gasteiger partial charge in [0, 0.05) is 33.1 Å². The third-order valence-electron chi connectivity index (χ3n) is 13.4. The second-order valence-corrected chi connectivity index (χ2v) is 17.2. The fraction of sp³-hybridized carbons (Fsp3) is 0. The van der Waals surface area contributed by atoms with Crippen molar-refractivity contribution >= 4 is 82.1 Å². The van der Waals surface area contributed by atoms with Crippen molar-refractivity contribution in [1.82, 2.24) is 0 Å². The summed E-state index contributed by atoms with van der Waals surface area (Å²) in [6.45, 7) is 0. The van der Waals surface area contributed by atoms with Gasteiger partial charge in [-0.05, 0) is 137 Å². The minimum Gasteiger partial charge on any atom is -0.455 e. The van der Waals surface area contributed by atoms with Crippen molar-refractivity contribution in [2.24, 2.45) is 0 Å². The van der Waals surface area contributed by atoms with Gasteiger partial charge in [-0.2, -0.15) is 0 Å². The third-order valence-corrected chi connectivity index (χ3v) is 13.4. The maximum Gasteiger partial charge on any atom is 0.143 e. The number of fused-ring (bicyclic) bond motifs is 9. The Morgan fingerprint density at radius 2 is 0.833 bits per heavy atom. The number of hydrogen-bond acceptors (Lipinski definition) is 2. The van der Waals surface area contributed by atoms with Crippen LogP contribution in [0.2, 0.25) is 0 Å². The second kappa shape index (κ2) is 15.5. The number of nitrogens with zero attached hydrogens (tertiary/aromatic N) is 1. The van der Waals surface area contributed by atoms with E-state index in [1.165, 1.54) is 65.5 Å². The Labute approximate surface area is 382 Å². The molecule has 0 aliphatic carbocycles. The number of benzene rings is 12. The average molecular weight is 840 g/mol. The fourth-order valence-electron chi connectivity index (χ4n) is 10.2. The molecular formula is C64H41NO. The Hall–Kier alpha value is -8.72. The molecule has 0 atom stereocenters. The molecule has 308 valence electrons. The highest BCUT2D eigenvalue weighted by atomic mass is 16.3. The van der Waals surface area contributed by atoms with Gasteiger partial charge in [0.1, 0.15) is 11.2 Å². The number of furan rings is 1. The van der Waals surface area contributed by atoms with E-state index >= 15 is 0 Å². The number of anilines is 3. The Bertz CT molecular complexity index is 3990. The van der Waals surface area contributed by atoms with E-state index in [0.29, 0.717) is 0 Å². The fourth-order valence-corrected chi connectivity index (χ4v) is 10.2. The number of rotatable bonds is 7. The quantitative estimate of drug-likeness (QED) is 0.149. The summed E-state index contributed by atoms with van der Waals surface area (Å²) < 4.78 is 6.71. The molecule has 1 heterocycles. The Balaban J connectivity index is 0.955. The molecule has 0 bridgehead atoms. The molecule has 1 aromatic heterocycles. The molecule has 12 aromatic carbocycles. The molecule has 0 fully saturated rings. The van der Waals surface area contributed by atoms with Crippen LogP contribution in [0.15, 0.2) is 253 Å². The minimum absolute atomic E-state index is 0.877. The maximum atomic E-state index is 6.71. The van der Waals surface area contributed by atoms with Gasteiger partial charge in [-0.25, -0.2) is 0 Å². The zero-order chi connectivity index (χ0) is 43.6. The monoisotopic (exact) mass is 839 g/mol. The summed E-state index contributed by atoms with van der Waals surface area (Å²) in [7, 11) is 0. The van der Waals surface area contributed by atoms with Gasteiger partial charge in [-0.15, -0.1) is 0 Å². The summed E-state index contributed by atoms with van der Waals surface area (Å²) in [5.41, 5.74) is 14.4. The first-order chi connectivity index (χ1) is 32.7. The first-order valence-electron chi connectivity index (χ1n) is 22.7. The summed E-state index contributed by atoms with van der Waals surface area (Å²) >= 11 is 0. The molecule has 13 aromatic rings. The molecule has 0 saturated carbocycles. The predicted molar refractivity (Wildman–Crippen MR) is 280 cm³/mol. The van der Waals surface area contributed by atoms with Gasteiger partial charge in [0.15, 0.2) is 0 Å². The zero-order valence-corrected chi connectivity index (χ0v) is 36.0. The van der Waals surface area contributed by atoms with Gasteiger partial charge in [-0.1, -0.05) is 188 Å². The molecule has 2 heteroatoms. The molecule has 0 aliphatic rings. The summed E-state index contributed by atoms with van der Waals surface area (Å²) in [4.78, 5) is 2.41. The van der Waals surface area contributed by atoms with Crippen LogP contribution in [0.1, 0.15) is 0 Å². The average Bonchev–Trinajstić information content (AvgIpc) is 3.79. The molecule has 13 rings (SSSR count). The first-order valence-corrected chi connectivity index (χ1v) is 22.7. The van der Waals surface area contributed by atoms with Crippen LogP contribution in [0.5, 0.6) is 0 Å². The van der Waals surface area contributed by atoms with Gasteiger partial charge >= 0.3 is 0 Å². The standard InChI is InChI=1S/C64H41NO/c1-2-15-46-40-49(28-27-42(46)13-1)48-18-11-17-47(39-48)43-29-34-51(35-30-43)65(52-36-31-45(32-37-52)60-41-50-16-4-5-19-53(50)55-21-7-8-22-56(55)60)61-25-10-9-23-57(61)58-24-12-26-62-63(58)59-38-33-44-14-3-6-20-54(44)64(59)66-62/h1-41H. The van der Waals surface area contributed by atoms with Crippen molar-refractivity contribution < 1.29 is 4.42 Å². The third kappa shape index (κ3) is 6.34. The summed E-state index contributed by atoms with van der Waals surface area (Å²) in [6.07, 6.45) is 0. The van der Waals surface area contributed by atoms with Crippen LogP contribution in [-0.4, -0.2) is 0 Å². The van der Waals surface area contributed by atoms with E-state index in [4.69, 9.17) is 4.42 Å². The smallest absolute Gasteiger partial charge is 0.143 e. The van der Waals surface area contributed by atoms with Crippen molar-refractivity contribution in [1.29, 1.82) is 0 Å². The lowest BCUT2D eigenvalue weighted by atomic mass is 9.93. The molecule has 0 amide bonds. The van der Waals surface area contributed by atoms with E-state index in [1.807, 2.05) is 0 Å². The van der Waals surface area contributed by atoms with Crippen LogP contribution >= 0.6 is 0 Å². The Kier molecular flexibility index (Phi) is 8.89. The normalized spacial score (nSPS) is 11.6. The molecule has 0 N–H and O–H groups in total. The largest absolute Gasteiger partial charge is 0.455 e. The van der Waals surface area contributed by atoms with Crippen LogP contribution in [0.25, 0.3) is 110 Å². The lowest BCUT2D eigenvalue weighted by molar-refractivity contribution is 0.673. The van der Waals surface area contributed by atoms with Crippen LogP contribution in [0.3, 0.4) is 0 Å². The molecule has 0 spiro atoms. The van der Waals surface area contributed by atoms with Gasteiger partial charge in [0.2, 0.25) is 0 Å². The summed E-state index contributed by atoms with van der Waals surface area (Å²) in [5.74, 6) is 0. The summed E-state index contributed by atoms with van der Waals surface area (Å²) in [6, 6.07) is 90.3. The van der Waals surface area contributed by atoms with Crippen molar-refractivity contribution in [3.63, 3.8) is 0 Å². The van der Waals surface area contributed by atoms with Crippen LogP contribution < -0.4 is 4.90 Å². The van der Waals surface area contributed by atoms with Crippen molar-refractivity contribution in [2.45, 2.75) is 0 Å². The molecule has 0 unspecified atom stereocenters. The van der Waals surface area contributed by atoms with Crippen molar-refractivity contribution in [3.05, 3.63) is 249 Å². The van der Waals surface area contributed by atoms with E-state index < -0.39 is 0 Å². The zero-order valence-electron chi connectivity index (χ0n) is 36.0. The molecule has 66 heavy (non-hydrogen) atoms. The molecule has 0 radical (unpaired) electrons. The van der Waals surface area contributed by atoms with Gasteiger partial charge in [-0.3, -0.25) is 0 Å². The lowest BCUT2D eigenvalue weighted by Crippen LogP contribution is -2.11. The summed E-state index contributed by atoms with van der Waals surface area (Å²) in [5, 5.41) is 12.0. The highest BCUT2D eigenvalue weighted by Crippen LogP contribution is 2.46. The van der Waals surface area contributed by atoms with E-state index in [1.54, 1.807) is 0 Å². The second-order valence-electron chi connectivity index (χ2n) is 17.2. The Morgan fingerprint density at radius 1 is 0.273 bits per heavy atom. The van der Waals surface area contributed by atoms with E-state index in [9.17, 15) is 0 Å². The van der Waals surface area contributed by atoms with E-state index in [0.717, 1.165) is 61.1 Å². The SMILES string of the molecule is c1cc(-c2ccc(N(c3ccc(-c4cc5ccccc5c5ccccc45)cc3)c3ccccc3-c3cccc4oc5c6ccccc6ccc5c34)cc2)cc(-c2ccc3ccccc3c2)c1. The number of para-hydroxylation sites is 1. The first kappa shape index (κ1) is 37.8.